The average molecular weight is 268 g/mol. The molecule has 0 saturated carbocycles. The Morgan fingerprint density at radius 1 is 1.28 bits per heavy atom. The molecule has 0 spiro atoms. The van der Waals surface area contributed by atoms with Crippen LogP contribution in [0.25, 0.3) is 0 Å². The van der Waals surface area contributed by atoms with Crippen LogP contribution in [0.2, 0.25) is 0 Å². The molecule has 1 heterocycles. The lowest BCUT2D eigenvalue weighted by Crippen LogP contribution is -2.08. The van der Waals surface area contributed by atoms with Gasteiger partial charge in [0.15, 0.2) is 0 Å². The molecule has 0 saturated heterocycles. The lowest BCUT2D eigenvalue weighted by atomic mass is 10.1. The Kier molecular flexibility index (Phi) is 3.72. The SMILES string of the molecule is Cc1ccsc1C(=O)c1ccccc1OC(F)F. The van der Waals surface area contributed by atoms with Crippen LogP contribution in [-0.4, -0.2) is 12.4 Å². The van der Waals surface area contributed by atoms with Crippen LogP contribution in [0.15, 0.2) is 35.7 Å². The zero-order valence-corrected chi connectivity index (χ0v) is 10.3. The highest BCUT2D eigenvalue weighted by atomic mass is 32.1. The standard InChI is InChI=1S/C13H10F2O2S/c1-8-6-7-18-12(8)11(16)9-4-2-3-5-10(9)17-13(14)15/h2-7,13H,1H3. The van der Waals surface area contributed by atoms with Gasteiger partial charge in [-0.15, -0.1) is 11.3 Å². The van der Waals surface area contributed by atoms with Gasteiger partial charge >= 0.3 is 6.61 Å². The number of carbonyl (C=O) groups excluding carboxylic acids is 1. The second kappa shape index (κ2) is 5.27. The van der Waals surface area contributed by atoms with Crippen LogP contribution >= 0.6 is 11.3 Å². The van der Waals surface area contributed by atoms with Crippen LogP contribution in [-0.2, 0) is 0 Å². The molecular weight excluding hydrogens is 258 g/mol. The van der Waals surface area contributed by atoms with Crippen molar-refractivity contribution in [3.63, 3.8) is 0 Å². The van der Waals surface area contributed by atoms with Gasteiger partial charge in [0.2, 0.25) is 5.78 Å². The molecule has 0 bridgehead atoms. The van der Waals surface area contributed by atoms with Crippen LogP contribution in [0, 0.1) is 6.92 Å². The van der Waals surface area contributed by atoms with E-state index in [1.807, 2.05) is 6.07 Å². The number of alkyl halides is 2. The zero-order valence-electron chi connectivity index (χ0n) is 9.52. The van der Waals surface area contributed by atoms with Gasteiger partial charge in [-0.2, -0.15) is 8.78 Å². The number of para-hydroxylation sites is 1. The molecular formula is C13H10F2O2S. The van der Waals surface area contributed by atoms with Crippen LogP contribution in [0.4, 0.5) is 8.78 Å². The number of hydrogen-bond donors (Lipinski definition) is 0. The van der Waals surface area contributed by atoms with Crippen molar-refractivity contribution in [2.24, 2.45) is 0 Å². The fourth-order valence-electron chi connectivity index (χ4n) is 1.58. The first-order chi connectivity index (χ1) is 8.59. The van der Waals surface area contributed by atoms with Gasteiger partial charge in [-0.05, 0) is 36.1 Å². The molecule has 0 aliphatic rings. The third-order valence-corrected chi connectivity index (χ3v) is 3.43. The second-order valence-electron chi connectivity index (χ2n) is 3.64. The number of benzene rings is 1. The zero-order chi connectivity index (χ0) is 13.1. The first kappa shape index (κ1) is 12.7. The topological polar surface area (TPSA) is 26.3 Å². The van der Waals surface area contributed by atoms with Crippen molar-refractivity contribution < 1.29 is 18.3 Å². The number of hydrogen-bond acceptors (Lipinski definition) is 3. The summed E-state index contributed by atoms with van der Waals surface area (Å²) in [5.41, 5.74) is 0.986. The van der Waals surface area contributed by atoms with Crippen molar-refractivity contribution in [2.45, 2.75) is 13.5 Å². The van der Waals surface area contributed by atoms with Crippen LogP contribution < -0.4 is 4.74 Å². The maximum Gasteiger partial charge on any atom is 0.387 e. The summed E-state index contributed by atoms with van der Waals surface area (Å²) in [7, 11) is 0. The van der Waals surface area contributed by atoms with E-state index < -0.39 is 6.61 Å². The number of ketones is 1. The number of halogens is 2. The largest absolute Gasteiger partial charge is 0.434 e. The van der Waals surface area contributed by atoms with Crippen LogP contribution in [0.3, 0.4) is 0 Å². The minimum absolute atomic E-state index is 0.0923. The summed E-state index contributed by atoms with van der Waals surface area (Å²) in [5.74, 6) is -0.385. The summed E-state index contributed by atoms with van der Waals surface area (Å²) in [4.78, 5) is 12.8. The lowest BCUT2D eigenvalue weighted by Gasteiger charge is -2.09. The van der Waals surface area contributed by atoms with E-state index in [-0.39, 0.29) is 17.1 Å². The smallest absolute Gasteiger partial charge is 0.387 e. The third kappa shape index (κ3) is 2.56. The second-order valence-corrected chi connectivity index (χ2v) is 4.55. The first-order valence-corrected chi connectivity index (χ1v) is 6.10. The maximum absolute atomic E-state index is 12.3. The van der Waals surface area contributed by atoms with E-state index in [1.165, 1.54) is 23.5 Å². The summed E-state index contributed by atoms with van der Waals surface area (Å²) in [5, 5.41) is 1.79. The molecule has 2 aromatic rings. The Hall–Kier alpha value is -1.75. The van der Waals surface area contributed by atoms with Gasteiger partial charge in [0.05, 0.1) is 10.4 Å². The monoisotopic (exact) mass is 268 g/mol. The van der Waals surface area contributed by atoms with Crippen LogP contribution in [0.5, 0.6) is 5.75 Å². The molecule has 18 heavy (non-hydrogen) atoms. The molecule has 2 nitrogen and oxygen atoms in total. The van der Waals surface area contributed by atoms with Gasteiger partial charge in [0.25, 0.3) is 0 Å². The third-order valence-electron chi connectivity index (χ3n) is 2.42. The molecule has 0 amide bonds. The molecule has 2 rings (SSSR count). The Balaban J connectivity index is 2.39. The molecule has 0 atom stereocenters. The lowest BCUT2D eigenvalue weighted by molar-refractivity contribution is -0.0501. The van der Waals surface area contributed by atoms with Crippen molar-refractivity contribution in [3.05, 3.63) is 51.7 Å². The van der Waals surface area contributed by atoms with E-state index in [9.17, 15) is 13.6 Å². The molecule has 1 aromatic heterocycles. The average Bonchev–Trinajstić information content (AvgIpc) is 2.74. The minimum atomic E-state index is -2.94. The summed E-state index contributed by atoms with van der Waals surface area (Å²) in [6.07, 6.45) is 0. The summed E-state index contributed by atoms with van der Waals surface area (Å²) in [6.45, 7) is -1.14. The first-order valence-electron chi connectivity index (χ1n) is 5.22. The molecule has 0 aliphatic carbocycles. The van der Waals surface area contributed by atoms with Crippen molar-refractivity contribution in [3.8, 4) is 5.75 Å². The molecule has 0 radical (unpaired) electrons. The van der Waals surface area contributed by atoms with Gasteiger partial charge in [0.1, 0.15) is 5.75 Å². The molecule has 0 fully saturated rings. The number of aryl methyl sites for hydroxylation is 1. The maximum atomic E-state index is 12.3. The number of carbonyl (C=O) groups is 1. The molecule has 1 aromatic carbocycles. The number of ether oxygens (including phenoxy) is 1. The summed E-state index contributed by atoms with van der Waals surface area (Å²) < 4.78 is 28.9. The fraction of sp³-hybridized carbons (Fsp3) is 0.154. The molecule has 94 valence electrons. The van der Waals surface area contributed by atoms with E-state index in [4.69, 9.17) is 0 Å². The van der Waals surface area contributed by atoms with E-state index in [1.54, 1.807) is 24.4 Å². The molecule has 0 N–H and O–H groups in total. The Bertz CT molecular complexity index is 564. The summed E-state index contributed by atoms with van der Waals surface area (Å²) in [6, 6.07) is 7.83. The van der Waals surface area contributed by atoms with Gasteiger partial charge in [-0.1, -0.05) is 12.1 Å². The molecule has 0 unspecified atom stereocenters. The normalized spacial score (nSPS) is 10.7. The van der Waals surface area contributed by atoms with Crippen molar-refractivity contribution >= 4 is 17.1 Å². The van der Waals surface area contributed by atoms with Gasteiger partial charge in [-0.25, -0.2) is 0 Å². The van der Waals surface area contributed by atoms with E-state index in [0.29, 0.717) is 4.88 Å². The van der Waals surface area contributed by atoms with Crippen molar-refractivity contribution in [1.82, 2.24) is 0 Å². The molecule has 5 heteroatoms. The van der Waals surface area contributed by atoms with Crippen LogP contribution in [0.1, 0.15) is 20.8 Å². The molecule has 0 aliphatic heterocycles. The van der Waals surface area contributed by atoms with Crippen molar-refractivity contribution in [2.75, 3.05) is 0 Å². The van der Waals surface area contributed by atoms with E-state index >= 15 is 0 Å². The van der Waals surface area contributed by atoms with Crippen molar-refractivity contribution in [1.29, 1.82) is 0 Å². The Morgan fingerprint density at radius 3 is 2.61 bits per heavy atom. The highest BCUT2D eigenvalue weighted by Gasteiger charge is 2.19. The highest BCUT2D eigenvalue weighted by molar-refractivity contribution is 7.12. The summed E-state index contributed by atoms with van der Waals surface area (Å²) >= 11 is 1.29. The predicted octanol–water partition coefficient (Wildman–Crippen LogP) is 3.89. The highest BCUT2D eigenvalue weighted by Crippen LogP contribution is 2.26. The Morgan fingerprint density at radius 2 is 2.00 bits per heavy atom. The Labute approximate surface area is 107 Å². The number of rotatable bonds is 4. The predicted molar refractivity (Wildman–Crippen MR) is 65.6 cm³/mol. The number of thiophene rings is 1. The van der Waals surface area contributed by atoms with E-state index in [2.05, 4.69) is 4.74 Å². The van der Waals surface area contributed by atoms with E-state index in [0.717, 1.165) is 5.56 Å². The van der Waals surface area contributed by atoms with Gasteiger partial charge in [0, 0.05) is 0 Å². The fourth-order valence-corrected chi connectivity index (χ4v) is 2.46. The van der Waals surface area contributed by atoms with Gasteiger partial charge in [-0.3, -0.25) is 4.79 Å². The quantitative estimate of drug-likeness (QED) is 0.786. The van der Waals surface area contributed by atoms with Gasteiger partial charge < -0.3 is 4.74 Å². The minimum Gasteiger partial charge on any atom is -0.434 e.